The number of aliphatic imine (C=N–C) groups is 1. The first-order chi connectivity index (χ1) is 14.5. The molecule has 0 unspecified atom stereocenters. The number of hydrogen-bond donors (Lipinski definition) is 1. The van der Waals surface area contributed by atoms with Crippen LogP contribution in [0.25, 0.3) is 0 Å². The molecule has 0 bridgehead atoms. The summed E-state index contributed by atoms with van der Waals surface area (Å²) in [7, 11) is 1.71. The molecule has 0 atom stereocenters. The van der Waals surface area contributed by atoms with Crippen molar-refractivity contribution in [3.8, 4) is 11.5 Å². The first kappa shape index (κ1) is 19.8. The van der Waals surface area contributed by atoms with Crippen molar-refractivity contribution in [3.63, 3.8) is 0 Å². The molecule has 2 aromatic carbocycles. The van der Waals surface area contributed by atoms with Crippen molar-refractivity contribution in [3.05, 3.63) is 47.5 Å². The van der Waals surface area contributed by atoms with Gasteiger partial charge in [0.25, 0.3) is 11.8 Å². The summed E-state index contributed by atoms with van der Waals surface area (Å²) in [4.78, 5) is 33.5. The highest BCUT2D eigenvalue weighted by Gasteiger charge is 2.35. The van der Waals surface area contributed by atoms with Crippen LogP contribution in [0, 0.1) is 0 Å². The van der Waals surface area contributed by atoms with Gasteiger partial charge in [0, 0.05) is 24.8 Å². The van der Waals surface area contributed by atoms with E-state index in [1.165, 1.54) is 0 Å². The summed E-state index contributed by atoms with van der Waals surface area (Å²) in [6, 6.07) is 10.4. The van der Waals surface area contributed by atoms with Crippen LogP contribution in [0.3, 0.4) is 0 Å². The van der Waals surface area contributed by atoms with Crippen molar-refractivity contribution >= 4 is 29.1 Å². The number of carbonyl (C=O) groups is 2. The Labute approximate surface area is 175 Å². The largest absolute Gasteiger partial charge is 0.490 e. The summed E-state index contributed by atoms with van der Waals surface area (Å²) in [5, 5.41) is 2.87. The van der Waals surface area contributed by atoms with Gasteiger partial charge in [-0.3, -0.25) is 19.5 Å². The molecule has 30 heavy (non-hydrogen) atoms. The maximum atomic E-state index is 12.8. The fourth-order valence-electron chi connectivity index (χ4n) is 3.64. The summed E-state index contributed by atoms with van der Waals surface area (Å²) in [5.74, 6) is 1.36. The van der Waals surface area contributed by atoms with Crippen molar-refractivity contribution < 1.29 is 19.1 Å². The van der Waals surface area contributed by atoms with Crippen LogP contribution in [0.4, 0.5) is 11.4 Å². The van der Waals surface area contributed by atoms with Gasteiger partial charge >= 0.3 is 0 Å². The first-order valence-corrected chi connectivity index (χ1v) is 9.98. The standard InChI is InChI=1S/C22H24N4O4/c1-4-29-18-9-6-14(12-19(18)30-5-2)20(27)24-15-7-8-17-16(13-15)21(28)25(3)22-23-10-11-26(17)22/h6-9,12-13H,4-5,10-11H2,1-3H3,(H,24,27). The molecule has 0 saturated carbocycles. The molecular formula is C22H24N4O4. The number of carbonyl (C=O) groups excluding carboxylic acids is 2. The number of rotatable bonds is 6. The maximum absolute atomic E-state index is 12.8. The fraction of sp³-hybridized carbons (Fsp3) is 0.318. The first-order valence-electron chi connectivity index (χ1n) is 9.98. The summed E-state index contributed by atoms with van der Waals surface area (Å²) in [6.45, 7) is 6.13. The summed E-state index contributed by atoms with van der Waals surface area (Å²) in [5.41, 5.74) is 2.34. The predicted octanol–water partition coefficient (Wildman–Crippen LogP) is 3.00. The van der Waals surface area contributed by atoms with Crippen molar-refractivity contribution in [2.75, 3.05) is 43.6 Å². The van der Waals surface area contributed by atoms with Crippen molar-refractivity contribution in [2.45, 2.75) is 13.8 Å². The molecule has 156 valence electrons. The summed E-state index contributed by atoms with van der Waals surface area (Å²) >= 11 is 0. The molecule has 4 rings (SSSR count). The zero-order valence-electron chi connectivity index (χ0n) is 17.3. The highest BCUT2D eigenvalue weighted by Crippen LogP contribution is 2.33. The Hall–Kier alpha value is -3.55. The van der Waals surface area contributed by atoms with Gasteiger partial charge in [0.05, 0.1) is 31.0 Å². The molecule has 2 aromatic rings. The molecule has 2 amide bonds. The zero-order valence-corrected chi connectivity index (χ0v) is 17.3. The van der Waals surface area contributed by atoms with E-state index in [9.17, 15) is 9.59 Å². The van der Waals surface area contributed by atoms with Gasteiger partial charge in [0.2, 0.25) is 5.96 Å². The SMILES string of the molecule is CCOc1ccc(C(=O)Nc2ccc3c(c2)C(=O)N(C)C2=NCCN23)cc1OCC. The monoisotopic (exact) mass is 408 g/mol. The van der Waals surface area contributed by atoms with E-state index < -0.39 is 0 Å². The Kier molecular flexibility index (Phi) is 5.31. The zero-order chi connectivity index (χ0) is 21.3. The second kappa shape index (κ2) is 8.06. The molecule has 0 radical (unpaired) electrons. The number of nitrogens with one attached hydrogen (secondary N) is 1. The number of benzene rings is 2. The number of fused-ring (bicyclic) bond motifs is 3. The van der Waals surface area contributed by atoms with Crippen molar-refractivity contribution in [1.29, 1.82) is 0 Å². The van der Waals surface area contributed by atoms with Crippen LogP contribution < -0.4 is 19.7 Å². The van der Waals surface area contributed by atoms with E-state index in [4.69, 9.17) is 9.47 Å². The number of anilines is 2. The van der Waals surface area contributed by atoms with Crippen LogP contribution in [0.15, 0.2) is 41.4 Å². The second-order valence-corrected chi connectivity index (χ2v) is 6.91. The number of ether oxygens (including phenoxy) is 2. The molecule has 0 saturated heterocycles. The summed E-state index contributed by atoms with van der Waals surface area (Å²) < 4.78 is 11.1. The molecule has 0 fully saturated rings. The molecule has 0 spiro atoms. The number of hydrogen-bond acceptors (Lipinski definition) is 6. The average molecular weight is 408 g/mol. The van der Waals surface area contributed by atoms with E-state index in [0.717, 1.165) is 12.2 Å². The molecular weight excluding hydrogens is 384 g/mol. The highest BCUT2D eigenvalue weighted by molar-refractivity contribution is 6.19. The van der Waals surface area contributed by atoms with Crippen molar-refractivity contribution in [1.82, 2.24) is 4.90 Å². The third-order valence-corrected chi connectivity index (χ3v) is 5.00. The second-order valence-electron chi connectivity index (χ2n) is 6.91. The Bertz CT molecular complexity index is 1030. The fourth-order valence-corrected chi connectivity index (χ4v) is 3.64. The number of guanidine groups is 1. The van der Waals surface area contributed by atoms with E-state index >= 15 is 0 Å². The van der Waals surface area contributed by atoms with Crippen LogP contribution in [-0.2, 0) is 0 Å². The van der Waals surface area contributed by atoms with Gasteiger partial charge in [-0.2, -0.15) is 0 Å². The van der Waals surface area contributed by atoms with Crippen LogP contribution in [0.5, 0.6) is 11.5 Å². The molecule has 0 aromatic heterocycles. The average Bonchev–Trinajstić information content (AvgIpc) is 3.24. The Morgan fingerprint density at radius 2 is 1.87 bits per heavy atom. The molecule has 2 heterocycles. The van der Waals surface area contributed by atoms with Gasteiger partial charge < -0.3 is 19.7 Å². The lowest BCUT2D eigenvalue weighted by atomic mass is 10.1. The van der Waals surface area contributed by atoms with Gasteiger partial charge in [-0.1, -0.05) is 0 Å². The van der Waals surface area contributed by atoms with Gasteiger partial charge in [-0.05, 0) is 50.2 Å². The van der Waals surface area contributed by atoms with Gasteiger partial charge in [-0.25, -0.2) is 0 Å². The summed E-state index contributed by atoms with van der Waals surface area (Å²) in [6.07, 6.45) is 0. The van der Waals surface area contributed by atoms with E-state index in [1.54, 1.807) is 42.3 Å². The molecule has 1 N–H and O–H groups in total. The molecule has 0 aliphatic carbocycles. The van der Waals surface area contributed by atoms with Crippen LogP contribution >= 0.6 is 0 Å². The van der Waals surface area contributed by atoms with Crippen molar-refractivity contribution in [2.24, 2.45) is 4.99 Å². The number of amides is 2. The highest BCUT2D eigenvalue weighted by atomic mass is 16.5. The lowest BCUT2D eigenvalue weighted by molar-refractivity contribution is 0.0865. The Balaban J connectivity index is 1.58. The smallest absolute Gasteiger partial charge is 0.262 e. The van der Waals surface area contributed by atoms with E-state index in [2.05, 4.69) is 10.3 Å². The van der Waals surface area contributed by atoms with Gasteiger partial charge in [-0.15, -0.1) is 0 Å². The van der Waals surface area contributed by atoms with E-state index in [0.29, 0.717) is 54.0 Å². The normalized spacial score (nSPS) is 14.8. The third kappa shape index (κ3) is 3.45. The van der Waals surface area contributed by atoms with E-state index in [-0.39, 0.29) is 11.8 Å². The minimum absolute atomic E-state index is 0.141. The molecule has 8 nitrogen and oxygen atoms in total. The minimum atomic E-state index is -0.293. The minimum Gasteiger partial charge on any atom is -0.490 e. The maximum Gasteiger partial charge on any atom is 0.262 e. The van der Waals surface area contributed by atoms with Gasteiger partial charge in [0.15, 0.2) is 11.5 Å². The van der Waals surface area contributed by atoms with Crippen LogP contribution in [-0.4, -0.2) is 56.0 Å². The van der Waals surface area contributed by atoms with Gasteiger partial charge in [0.1, 0.15) is 0 Å². The molecule has 2 aliphatic rings. The molecule has 2 aliphatic heterocycles. The Morgan fingerprint density at radius 1 is 1.10 bits per heavy atom. The third-order valence-electron chi connectivity index (χ3n) is 5.00. The molecule has 8 heteroatoms. The Morgan fingerprint density at radius 3 is 2.63 bits per heavy atom. The lowest BCUT2D eigenvalue weighted by Crippen LogP contribution is -2.48. The topological polar surface area (TPSA) is 83.5 Å². The van der Waals surface area contributed by atoms with Crippen LogP contribution in [0.2, 0.25) is 0 Å². The number of nitrogens with zero attached hydrogens (tertiary/aromatic N) is 3. The quantitative estimate of drug-likeness (QED) is 0.795. The van der Waals surface area contributed by atoms with E-state index in [1.807, 2.05) is 24.8 Å². The van der Waals surface area contributed by atoms with Crippen LogP contribution in [0.1, 0.15) is 34.6 Å². The predicted molar refractivity (Wildman–Crippen MR) is 115 cm³/mol. The lowest BCUT2D eigenvalue weighted by Gasteiger charge is -2.33.